The number of thioether (sulfide) groups is 1. The van der Waals surface area contributed by atoms with E-state index in [4.69, 9.17) is 4.42 Å². The SMILES string of the molecule is Cc1ccc(-c2nnc(CSc3nncn3-c3ccccc3C)o2)cc1. The van der Waals surface area contributed by atoms with E-state index in [0.717, 1.165) is 22.0 Å². The molecule has 7 heteroatoms. The van der Waals surface area contributed by atoms with Crippen molar-refractivity contribution in [2.45, 2.75) is 24.8 Å². The fourth-order valence-electron chi connectivity index (χ4n) is 2.57. The van der Waals surface area contributed by atoms with E-state index < -0.39 is 0 Å². The molecule has 6 nitrogen and oxygen atoms in total. The van der Waals surface area contributed by atoms with Crippen LogP contribution in [0.25, 0.3) is 17.1 Å². The van der Waals surface area contributed by atoms with E-state index in [9.17, 15) is 0 Å². The monoisotopic (exact) mass is 363 g/mol. The summed E-state index contributed by atoms with van der Waals surface area (Å²) >= 11 is 1.51. The Kier molecular flexibility index (Phi) is 4.53. The number of rotatable bonds is 5. The van der Waals surface area contributed by atoms with Gasteiger partial charge in [-0.05, 0) is 37.6 Å². The largest absolute Gasteiger partial charge is 0.420 e. The Labute approximate surface area is 155 Å². The van der Waals surface area contributed by atoms with Gasteiger partial charge in [0.15, 0.2) is 5.16 Å². The van der Waals surface area contributed by atoms with Gasteiger partial charge in [-0.25, -0.2) is 0 Å². The Morgan fingerprint density at radius 1 is 0.962 bits per heavy atom. The van der Waals surface area contributed by atoms with Crippen LogP contribution in [-0.2, 0) is 5.75 Å². The second-order valence-electron chi connectivity index (χ2n) is 5.93. The van der Waals surface area contributed by atoms with Gasteiger partial charge < -0.3 is 4.42 Å². The molecule has 0 N–H and O–H groups in total. The van der Waals surface area contributed by atoms with Crippen LogP contribution < -0.4 is 0 Å². The van der Waals surface area contributed by atoms with E-state index in [1.807, 2.05) is 54.0 Å². The van der Waals surface area contributed by atoms with Crippen molar-refractivity contribution in [3.63, 3.8) is 0 Å². The van der Waals surface area contributed by atoms with Crippen LogP contribution in [0.3, 0.4) is 0 Å². The molecule has 2 aromatic heterocycles. The first-order valence-corrected chi connectivity index (χ1v) is 9.17. The molecule has 0 aliphatic carbocycles. The molecule has 0 aliphatic rings. The number of nitrogens with zero attached hydrogens (tertiary/aromatic N) is 5. The summed E-state index contributed by atoms with van der Waals surface area (Å²) in [6.07, 6.45) is 1.72. The van der Waals surface area contributed by atoms with Crippen molar-refractivity contribution < 1.29 is 4.42 Å². The van der Waals surface area contributed by atoms with E-state index in [1.165, 1.54) is 17.3 Å². The van der Waals surface area contributed by atoms with Crippen molar-refractivity contribution in [1.82, 2.24) is 25.0 Å². The molecular weight excluding hydrogens is 346 g/mol. The van der Waals surface area contributed by atoms with Crippen LogP contribution in [0.15, 0.2) is 64.4 Å². The zero-order chi connectivity index (χ0) is 17.9. The number of hydrogen-bond donors (Lipinski definition) is 0. The van der Waals surface area contributed by atoms with Crippen molar-refractivity contribution >= 4 is 11.8 Å². The van der Waals surface area contributed by atoms with Crippen LogP contribution in [0, 0.1) is 13.8 Å². The first kappa shape index (κ1) is 16.5. The van der Waals surface area contributed by atoms with Crippen molar-refractivity contribution in [3.05, 3.63) is 71.9 Å². The average molecular weight is 363 g/mol. The van der Waals surface area contributed by atoms with E-state index >= 15 is 0 Å². The summed E-state index contributed by atoms with van der Waals surface area (Å²) < 4.78 is 7.75. The highest BCUT2D eigenvalue weighted by molar-refractivity contribution is 7.98. The third-order valence-electron chi connectivity index (χ3n) is 3.98. The maximum atomic E-state index is 5.78. The van der Waals surface area contributed by atoms with Crippen LogP contribution in [0.4, 0.5) is 0 Å². The standard InChI is InChI=1S/C19H17N5OS/c1-13-7-9-15(10-8-13)18-22-21-17(25-18)11-26-19-23-20-12-24(19)16-6-4-3-5-14(16)2/h3-10,12H,11H2,1-2H3. The number of aromatic nitrogens is 5. The normalized spacial score (nSPS) is 11.0. The second-order valence-corrected chi connectivity index (χ2v) is 6.87. The first-order chi connectivity index (χ1) is 12.7. The lowest BCUT2D eigenvalue weighted by Crippen LogP contribution is -1.97. The Morgan fingerprint density at radius 2 is 1.77 bits per heavy atom. The lowest BCUT2D eigenvalue weighted by molar-refractivity contribution is 0.528. The highest BCUT2D eigenvalue weighted by Crippen LogP contribution is 2.26. The third kappa shape index (κ3) is 3.39. The number of para-hydroxylation sites is 1. The van der Waals surface area contributed by atoms with Gasteiger partial charge in [0.25, 0.3) is 0 Å². The molecular formula is C19H17N5OS. The Hall–Kier alpha value is -2.93. The quantitative estimate of drug-likeness (QED) is 0.494. The molecule has 26 heavy (non-hydrogen) atoms. The van der Waals surface area contributed by atoms with Gasteiger partial charge in [0.05, 0.1) is 11.4 Å². The Bertz CT molecular complexity index is 1020. The fourth-order valence-corrected chi connectivity index (χ4v) is 3.33. The van der Waals surface area contributed by atoms with Crippen molar-refractivity contribution in [2.75, 3.05) is 0 Å². The summed E-state index contributed by atoms with van der Waals surface area (Å²) in [5.74, 6) is 1.62. The topological polar surface area (TPSA) is 69.6 Å². The summed E-state index contributed by atoms with van der Waals surface area (Å²) in [4.78, 5) is 0. The van der Waals surface area contributed by atoms with E-state index in [-0.39, 0.29) is 0 Å². The molecule has 2 heterocycles. The van der Waals surface area contributed by atoms with Gasteiger partial charge in [-0.15, -0.1) is 20.4 Å². The van der Waals surface area contributed by atoms with Crippen LogP contribution in [0.2, 0.25) is 0 Å². The molecule has 4 aromatic rings. The minimum absolute atomic E-state index is 0.529. The highest BCUT2D eigenvalue weighted by atomic mass is 32.2. The summed E-state index contributed by atoms with van der Waals surface area (Å²) in [6.45, 7) is 4.11. The smallest absolute Gasteiger partial charge is 0.247 e. The molecule has 0 saturated carbocycles. The zero-order valence-corrected chi connectivity index (χ0v) is 15.3. The van der Waals surface area contributed by atoms with E-state index in [0.29, 0.717) is 17.5 Å². The Morgan fingerprint density at radius 3 is 2.58 bits per heavy atom. The molecule has 0 radical (unpaired) electrons. The van der Waals surface area contributed by atoms with E-state index in [2.05, 4.69) is 33.4 Å². The number of benzene rings is 2. The van der Waals surface area contributed by atoms with Crippen molar-refractivity contribution in [1.29, 1.82) is 0 Å². The zero-order valence-electron chi connectivity index (χ0n) is 14.5. The van der Waals surface area contributed by atoms with Gasteiger partial charge in [0.2, 0.25) is 11.8 Å². The molecule has 2 aromatic carbocycles. The highest BCUT2D eigenvalue weighted by Gasteiger charge is 2.13. The molecule has 0 atom stereocenters. The Balaban J connectivity index is 1.50. The molecule has 0 aliphatic heterocycles. The fraction of sp³-hybridized carbons (Fsp3) is 0.158. The van der Waals surface area contributed by atoms with Gasteiger partial charge in [-0.3, -0.25) is 4.57 Å². The summed E-state index contributed by atoms with van der Waals surface area (Å²) in [5.41, 5.74) is 4.33. The summed E-state index contributed by atoms with van der Waals surface area (Å²) in [6, 6.07) is 16.1. The third-order valence-corrected chi connectivity index (χ3v) is 4.91. The molecule has 130 valence electrons. The lowest BCUT2D eigenvalue weighted by atomic mass is 10.1. The second kappa shape index (κ2) is 7.13. The molecule has 0 fully saturated rings. The van der Waals surface area contributed by atoms with Crippen LogP contribution in [0.1, 0.15) is 17.0 Å². The number of hydrogen-bond acceptors (Lipinski definition) is 6. The maximum absolute atomic E-state index is 5.78. The lowest BCUT2D eigenvalue weighted by Gasteiger charge is -2.08. The minimum atomic E-state index is 0.529. The minimum Gasteiger partial charge on any atom is -0.420 e. The van der Waals surface area contributed by atoms with E-state index in [1.54, 1.807) is 6.33 Å². The summed E-state index contributed by atoms with van der Waals surface area (Å²) in [7, 11) is 0. The van der Waals surface area contributed by atoms with Crippen LogP contribution in [-0.4, -0.2) is 25.0 Å². The van der Waals surface area contributed by atoms with Crippen LogP contribution in [0.5, 0.6) is 0 Å². The average Bonchev–Trinajstić information content (AvgIpc) is 3.30. The van der Waals surface area contributed by atoms with Crippen molar-refractivity contribution in [3.8, 4) is 17.1 Å². The summed E-state index contributed by atoms with van der Waals surface area (Å²) in [5, 5.41) is 17.3. The molecule has 0 saturated heterocycles. The van der Waals surface area contributed by atoms with Gasteiger partial charge >= 0.3 is 0 Å². The van der Waals surface area contributed by atoms with Gasteiger partial charge in [-0.2, -0.15) is 0 Å². The predicted octanol–water partition coefficient (Wildman–Crippen LogP) is 4.23. The maximum Gasteiger partial charge on any atom is 0.247 e. The van der Waals surface area contributed by atoms with Gasteiger partial charge in [0.1, 0.15) is 6.33 Å². The molecule has 0 amide bonds. The van der Waals surface area contributed by atoms with Crippen molar-refractivity contribution in [2.24, 2.45) is 0 Å². The molecule has 4 rings (SSSR count). The molecule has 0 bridgehead atoms. The van der Waals surface area contributed by atoms with Gasteiger partial charge in [0, 0.05) is 5.56 Å². The molecule has 0 unspecified atom stereocenters. The predicted molar refractivity (Wildman–Crippen MR) is 100 cm³/mol. The first-order valence-electron chi connectivity index (χ1n) is 8.19. The number of aryl methyl sites for hydroxylation is 2. The molecule has 0 spiro atoms. The van der Waals surface area contributed by atoms with Gasteiger partial charge in [-0.1, -0.05) is 47.7 Å². The van der Waals surface area contributed by atoms with Crippen LogP contribution >= 0.6 is 11.8 Å².